The molecular formula is C71H75N3. The molecule has 3 nitrogen and oxygen atoms in total. The number of fused-ring (bicyclic) bond motifs is 14. The van der Waals surface area contributed by atoms with Crippen molar-refractivity contribution >= 4 is 38.1 Å². The van der Waals surface area contributed by atoms with Crippen LogP contribution < -0.4 is 0 Å². The number of aromatic nitrogens is 1. The van der Waals surface area contributed by atoms with Crippen molar-refractivity contribution in [3.8, 4) is 56.6 Å². The standard InChI is InChI=1S/C71H75N3/c1-18-71(19-2,20-3)47-33-54-62-58(31-45(35-72)66-64(62)48-23-21-43(29-56(48)69(66,14)15)60-50(37(4)5)25-41(12)26-51(60)38(6)7)74-59-32-46(36-73)67-65(63(59)55(34-47)68(54)74)49-24-22-44(30-57(49)70(67,16)17)61-52(39(8)9)27-42(13)28-53(61)40(10)11/h21-34,37-40H,18-20H2,1-17H3. The molecule has 9 aromatic rings. The molecule has 0 unspecified atom stereocenters. The Labute approximate surface area is 441 Å². The van der Waals surface area contributed by atoms with Crippen molar-refractivity contribution in [1.29, 1.82) is 10.5 Å². The highest BCUT2D eigenvalue weighted by atomic mass is 14.9. The third kappa shape index (κ3) is 6.60. The maximum Gasteiger partial charge on any atom is 0.0995 e. The van der Waals surface area contributed by atoms with Gasteiger partial charge in [0.15, 0.2) is 0 Å². The Bertz CT molecular complexity index is 3640. The van der Waals surface area contributed by atoms with Crippen molar-refractivity contribution in [3.05, 3.63) is 157 Å². The highest BCUT2D eigenvalue weighted by molar-refractivity contribution is 6.30. The van der Waals surface area contributed by atoms with Crippen molar-refractivity contribution in [2.75, 3.05) is 0 Å². The average Bonchev–Trinajstić information content (AvgIpc) is 4.11. The Morgan fingerprint density at radius 3 is 1.15 bits per heavy atom. The molecule has 3 heteroatoms. The zero-order valence-corrected chi connectivity index (χ0v) is 47.4. The Morgan fingerprint density at radius 2 is 0.838 bits per heavy atom. The largest absolute Gasteiger partial charge is 0.308 e. The van der Waals surface area contributed by atoms with Crippen LogP contribution in [0.5, 0.6) is 0 Å². The molecular weight excluding hydrogens is 895 g/mol. The van der Waals surface area contributed by atoms with E-state index in [2.05, 4.69) is 219 Å². The van der Waals surface area contributed by atoms with Crippen molar-refractivity contribution in [3.63, 3.8) is 0 Å². The fraction of sp³-hybridized carbons (Fsp3) is 0.380. The molecule has 374 valence electrons. The summed E-state index contributed by atoms with van der Waals surface area (Å²) in [5.41, 5.74) is 28.1. The molecule has 2 aliphatic rings. The summed E-state index contributed by atoms with van der Waals surface area (Å²) in [5.74, 6) is 1.46. The first kappa shape index (κ1) is 49.5. The van der Waals surface area contributed by atoms with Crippen molar-refractivity contribution in [1.82, 2.24) is 4.40 Å². The zero-order chi connectivity index (χ0) is 53.0. The molecule has 0 N–H and O–H groups in total. The number of nitriles is 2. The molecule has 0 spiro atoms. The van der Waals surface area contributed by atoms with Crippen LogP contribution in [-0.4, -0.2) is 4.40 Å². The molecule has 0 bridgehead atoms. The Morgan fingerprint density at radius 1 is 0.486 bits per heavy atom. The van der Waals surface area contributed by atoms with Gasteiger partial charge in [0, 0.05) is 32.4 Å². The molecule has 2 heterocycles. The summed E-state index contributed by atoms with van der Waals surface area (Å²) in [5, 5.41) is 27.7. The van der Waals surface area contributed by atoms with E-state index in [4.69, 9.17) is 0 Å². The highest BCUT2D eigenvalue weighted by Gasteiger charge is 2.44. The van der Waals surface area contributed by atoms with Gasteiger partial charge in [-0.05, 0) is 193 Å². The molecule has 11 rings (SSSR count). The van der Waals surface area contributed by atoms with E-state index in [1.807, 2.05) is 0 Å². The molecule has 0 atom stereocenters. The summed E-state index contributed by atoms with van der Waals surface area (Å²) >= 11 is 0. The fourth-order valence-electron chi connectivity index (χ4n) is 14.9. The summed E-state index contributed by atoms with van der Waals surface area (Å²) in [7, 11) is 0. The van der Waals surface area contributed by atoms with Crippen LogP contribution in [0.15, 0.2) is 84.9 Å². The number of benzene rings is 7. The van der Waals surface area contributed by atoms with Crippen LogP contribution in [0.3, 0.4) is 0 Å². The Balaban J connectivity index is 1.27. The second kappa shape index (κ2) is 16.9. The van der Waals surface area contributed by atoms with Gasteiger partial charge in [0.05, 0.1) is 39.8 Å². The van der Waals surface area contributed by atoms with Gasteiger partial charge in [-0.1, -0.05) is 164 Å². The Hall–Kier alpha value is -6.68. The van der Waals surface area contributed by atoms with E-state index in [9.17, 15) is 10.5 Å². The first-order chi connectivity index (χ1) is 35.1. The second-order valence-electron chi connectivity index (χ2n) is 25.0. The van der Waals surface area contributed by atoms with E-state index in [1.165, 1.54) is 122 Å². The monoisotopic (exact) mass is 970 g/mol. The van der Waals surface area contributed by atoms with E-state index in [-0.39, 0.29) is 5.41 Å². The van der Waals surface area contributed by atoms with Gasteiger partial charge in [-0.3, -0.25) is 0 Å². The molecule has 2 aromatic heterocycles. The van der Waals surface area contributed by atoms with Crippen LogP contribution in [0, 0.1) is 36.5 Å². The van der Waals surface area contributed by atoms with Crippen molar-refractivity contribution < 1.29 is 0 Å². The smallest absolute Gasteiger partial charge is 0.0995 e. The SMILES string of the molecule is CCC(CC)(CC)c1cc2c3c4c(c(C#N)cc3n3c5cc(C#N)c6c(c5c(c1)c23)-c1ccc(-c2c(C(C)C)cc(C)cc2C(C)C)cc1C6(C)C)C(C)(C)c1cc(-c2c(C(C)C)cc(C)cc2C(C)C)ccc1-4. The summed E-state index contributed by atoms with van der Waals surface area (Å²) in [6.45, 7) is 39.4. The number of hydrogen-bond donors (Lipinski definition) is 0. The molecule has 0 radical (unpaired) electrons. The summed E-state index contributed by atoms with van der Waals surface area (Å²) in [6, 6.07) is 39.0. The molecule has 0 saturated heterocycles. The minimum atomic E-state index is -0.440. The van der Waals surface area contributed by atoms with Crippen LogP contribution in [0.4, 0.5) is 0 Å². The predicted molar refractivity (Wildman–Crippen MR) is 315 cm³/mol. The maximum atomic E-state index is 11.4. The minimum Gasteiger partial charge on any atom is -0.308 e. The van der Waals surface area contributed by atoms with E-state index < -0.39 is 10.8 Å². The molecule has 0 saturated carbocycles. The van der Waals surface area contributed by atoms with Gasteiger partial charge < -0.3 is 4.40 Å². The lowest BCUT2D eigenvalue weighted by Crippen LogP contribution is -2.23. The van der Waals surface area contributed by atoms with Crippen molar-refractivity contribution in [2.24, 2.45) is 0 Å². The summed E-state index contributed by atoms with van der Waals surface area (Å²) < 4.78 is 2.46. The molecule has 74 heavy (non-hydrogen) atoms. The van der Waals surface area contributed by atoms with E-state index >= 15 is 0 Å². The van der Waals surface area contributed by atoms with Crippen LogP contribution in [0.25, 0.3) is 82.6 Å². The van der Waals surface area contributed by atoms with Crippen LogP contribution in [-0.2, 0) is 16.2 Å². The lowest BCUT2D eigenvalue weighted by Gasteiger charge is -2.31. The fourth-order valence-corrected chi connectivity index (χ4v) is 14.9. The van der Waals surface area contributed by atoms with Crippen LogP contribution in [0.1, 0.15) is 219 Å². The van der Waals surface area contributed by atoms with Gasteiger partial charge in [-0.25, -0.2) is 0 Å². The minimum absolute atomic E-state index is 0.0296. The normalized spacial score (nSPS) is 14.6. The van der Waals surface area contributed by atoms with Gasteiger partial charge in [-0.15, -0.1) is 0 Å². The van der Waals surface area contributed by atoms with Gasteiger partial charge in [0.1, 0.15) is 0 Å². The second-order valence-corrected chi connectivity index (χ2v) is 25.0. The third-order valence-electron chi connectivity index (χ3n) is 18.8. The van der Waals surface area contributed by atoms with Gasteiger partial charge in [0.2, 0.25) is 0 Å². The number of rotatable bonds is 10. The summed E-state index contributed by atoms with van der Waals surface area (Å²) in [6.07, 6.45) is 3.09. The van der Waals surface area contributed by atoms with Gasteiger partial charge >= 0.3 is 0 Å². The maximum absolute atomic E-state index is 11.4. The molecule has 0 fully saturated rings. The highest BCUT2D eigenvalue weighted by Crippen LogP contribution is 2.60. The predicted octanol–water partition coefficient (Wildman–Crippen LogP) is 20.1. The van der Waals surface area contributed by atoms with Gasteiger partial charge in [0.25, 0.3) is 0 Å². The van der Waals surface area contributed by atoms with E-state index in [1.54, 1.807) is 0 Å². The lowest BCUT2D eigenvalue weighted by atomic mass is 9.73. The molecule has 7 aromatic carbocycles. The first-order valence-corrected chi connectivity index (χ1v) is 27.9. The number of hydrogen-bond acceptors (Lipinski definition) is 2. The first-order valence-electron chi connectivity index (χ1n) is 27.9. The zero-order valence-electron chi connectivity index (χ0n) is 47.4. The number of aryl methyl sites for hydroxylation is 2. The van der Waals surface area contributed by atoms with Gasteiger partial charge in [-0.2, -0.15) is 10.5 Å². The lowest BCUT2D eigenvalue weighted by molar-refractivity contribution is 0.382. The number of nitrogens with zero attached hydrogens (tertiary/aromatic N) is 3. The average molecular weight is 970 g/mol. The van der Waals surface area contributed by atoms with Crippen LogP contribution in [0.2, 0.25) is 0 Å². The van der Waals surface area contributed by atoms with Crippen molar-refractivity contribution in [2.45, 2.75) is 177 Å². The Kier molecular flexibility index (Phi) is 11.3. The molecule has 0 aliphatic heterocycles. The van der Waals surface area contributed by atoms with E-state index in [0.29, 0.717) is 34.8 Å². The quantitative estimate of drug-likeness (QED) is 0.137. The third-order valence-corrected chi connectivity index (χ3v) is 18.8. The van der Waals surface area contributed by atoms with E-state index in [0.717, 1.165) is 41.4 Å². The molecule has 2 aliphatic carbocycles. The topological polar surface area (TPSA) is 52.0 Å². The van der Waals surface area contributed by atoms with Crippen LogP contribution >= 0.6 is 0 Å². The molecule has 0 amide bonds. The summed E-state index contributed by atoms with van der Waals surface area (Å²) in [4.78, 5) is 0.